The van der Waals surface area contributed by atoms with Crippen molar-refractivity contribution in [2.45, 2.75) is 33.2 Å². The maximum Gasteiger partial charge on any atom is 0.270 e. The molecule has 1 N–H and O–H groups in total. The average Bonchev–Trinajstić information content (AvgIpc) is 3.24. The molecular weight excluding hydrogens is 318 g/mol. The topological polar surface area (TPSA) is 46.9 Å². The Morgan fingerprint density at radius 1 is 1.29 bits per heavy atom. The van der Waals surface area contributed by atoms with Gasteiger partial charge in [0.1, 0.15) is 11.4 Å². The van der Waals surface area contributed by atoms with Gasteiger partial charge in [-0.3, -0.25) is 4.79 Å². The van der Waals surface area contributed by atoms with E-state index in [1.165, 1.54) is 5.56 Å². The van der Waals surface area contributed by atoms with Gasteiger partial charge < -0.3 is 5.32 Å². The zero-order valence-electron chi connectivity index (χ0n) is 14.1. The van der Waals surface area contributed by atoms with Gasteiger partial charge in [-0.25, -0.2) is 4.68 Å². The number of benzene rings is 1. The minimum absolute atomic E-state index is 0.0970. The number of nitrogens with zero attached hydrogens (tertiary/aromatic N) is 2. The Labute approximate surface area is 146 Å². The number of aromatic nitrogens is 2. The third kappa shape index (κ3) is 3.41. The highest BCUT2D eigenvalue weighted by Crippen LogP contribution is 2.26. The molecule has 1 amide bonds. The molecular formula is C19H21N3OS. The summed E-state index contributed by atoms with van der Waals surface area (Å²) in [5.41, 5.74) is 3.44. The molecule has 2 heterocycles. The third-order valence-electron chi connectivity index (χ3n) is 3.98. The second kappa shape index (κ2) is 7.01. The van der Waals surface area contributed by atoms with Crippen LogP contribution >= 0.6 is 11.3 Å². The van der Waals surface area contributed by atoms with Crippen molar-refractivity contribution in [3.63, 3.8) is 0 Å². The largest absolute Gasteiger partial charge is 0.348 e. The van der Waals surface area contributed by atoms with Crippen molar-refractivity contribution in [2.75, 3.05) is 0 Å². The van der Waals surface area contributed by atoms with Gasteiger partial charge in [0.05, 0.1) is 10.6 Å². The van der Waals surface area contributed by atoms with Crippen LogP contribution in [0.3, 0.4) is 0 Å². The Morgan fingerprint density at radius 2 is 2.04 bits per heavy atom. The molecule has 0 aliphatic rings. The van der Waals surface area contributed by atoms with Crippen molar-refractivity contribution in [2.24, 2.45) is 0 Å². The quantitative estimate of drug-likeness (QED) is 0.747. The minimum atomic E-state index is -0.0970. The zero-order chi connectivity index (χ0) is 17.1. The lowest BCUT2D eigenvalue weighted by molar-refractivity contribution is 0.0931. The van der Waals surface area contributed by atoms with Crippen molar-refractivity contribution < 1.29 is 4.79 Å². The molecule has 1 atom stereocenters. The standard InChI is InChI=1S/C19H21N3OS/c1-4-14(3)20-19(23)17-12-16(18-6-5-11-24-18)21-22(17)15-9-7-13(2)8-10-15/h5-12,14H,4H2,1-3H3,(H,20,23). The maximum absolute atomic E-state index is 12.7. The molecule has 0 aliphatic carbocycles. The van der Waals surface area contributed by atoms with E-state index in [2.05, 4.69) is 17.3 Å². The Balaban J connectivity index is 2.04. The monoisotopic (exact) mass is 339 g/mol. The highest BCUT2D eigenvalue weighted by molar-refractivity contribution is 7.13. The van der Waals surface area contributed by atoms with E-state index in [0.717, 1.165) is 22.7 Å². The van der Waals surface area contributed by atoms with E-state index in [-0.39, 0.29) is 11.9 Å². The Morgan fingerprint density at radius 3 is 2.67 bits per heavy atom. The molecule has 3 aromatic rings. The summed E-state index contributed by atoms with van der Waals surface area (Å²) in [7, 11) is 0. The fourth-order valence-corrected chi connectivity index (χ4v) is 3.05. The number of nitrogens with one attached hydrogen (secondary N) is 1. The summed E-state index contributed by atoms with van der Waals surface area (Å²) in [4.78, 5) is 13.7. The van der Waals surface area contributed by atoms with Crippen LogP contribution in [0.5, 0.6) is 0 Å². The first-order valence-corrected chi connectivity index (χ1v) is 8.98. The first-order chi connectivity index (χ1) is 11.6. The number of aryl methyl sites for hydroxylation is 1. The Bertz CT molecular complexity index is 819. The number of hydrogen-bond acceptors (Lipinski definition) is 3. The second-order valence-electron chi connectivity index (χ2n) is 5.92. The van der Waals surface area contributed by atoms with E-state index in [4.69, 9.17) is 0 Å². The van der Waals surface area contributed by atoms with Crippen LogP contribution in [0.25, 0.3) is 16.3 Å². The van der Waals surface area contributed by atoms with Gasteiger partial charge in [0.25, 0.3) is 5.91 Å². The minimum Gasteiger partial charge on any atom is -0.348 e. The van der Waals surface area contributed by atoms with E-state index in [0.29, 0.717) is 5.69 Å². The Hall–Kier alpha value is -2.40. The lowest BCUT2D eigenvalue weighted by Gasteiger charge is -2.12. The summed E-state index contributed by atoms with van der Waals surface area (Å²) in [5.74, 6) is -0.0970. The zero-order valence-corrected chi connectivity index (χ0v) is 14.9. The third-order valence-corrected chi connectivity index (χ3v) is 4.88. The van der Waals surface area contributed by atoms with E-state index < -0.39 is 0 Å². The molecule has 1 aromatic carbocycles. The molecule has 1 unspecified atom stereocenters. The van der Waals surface area contributed by atoms with Crippen molar-refractivity contribution >= 4 is 17.2 Å². The van der Waals surface area contributed by atoms with Gasteiger partial charge in [0.15, 0.2) is 0 Å². The smallest absolute Gasteiger partial charge is 0.270 e. The van der Waals surface area contributed by atoms with Crippen molar-refractivity contribution in [1.29, 1.82) is 0 Å². The summed E-state index contributed by atoms with van der Waals surface area (Å²) >= 11 is 1.62. The van der Waals surface area contributed by atoms with E-state index in [1.54, 1.807) is 16.0 Å². The van der Waals surface area contributed by atoms with E-state index in [1.807, 2.05) is 61.7 Å². The van der Waals surface area contributed by atoms with E-state index >= 15 is 0 Å². The number of rotatable bonds is 5. The molecule has 0 radical (unpaired) electrons. The summed E-state index contributed by atoms with van der Waals surface area (Å²) in [6, 6.07) is 14.0. The second-order valence-corrected chi connectivity index (χ2v) is 6.87. The van der Waals surface area contributed by atoms with Crippen LogP contribution in [0, 0.1) is 6.92 Å². The predicted octanol–water partition coefficient (Wildman–Crippen LogP) is 4.44. The van der Waals surface area contributed by atoms with Crippen LogP contribution in [0.1, 0.15) is 36.3 Å². The van der Waals surface area contributed by atoms with Crippen molar-refractivity contribution in [3.05, 3.63) is 59.1 Å². The molecule has 0 bridgehead atoms. The highest BCUT2D eigenvalue weighted by Gasteiger charge is 2.19. The predicted molar refractivity (Wildman–Crippen MR) is 98.8 cm³/mol. The molecule has 0 saturated heterocycles. The molecule has 0 saturated carbocycles. The first-order valence-electron chi connectivity index (χ1n) is 8.10. The summed E-state index contributed by atoms with van der Waals surface area (Å²) in [6.07, 6.45) is 0.891. The van der Waals surface area contributed by atoms with Gasteiger partial charge in [0, 0.05) is 6.04 Å². The van der Waals surface area contributed by atoms with Crippen molar-refractivity contribution in [3.8, 4) is 16.3 Å². The molecule has 24 heavy (non-hydrogen) atoms. The van der Waals surface area contributed by atoms with Gasteiger partial charge in [-0.15, -0.1) is 11.3 Å². The van der Waals surface area contributed by atoms with Crippen LogP contribution in [0.2, 0.25) is 0 Å². The fraction of sp³-hybridized carbons (Fsp3) is 0.263. The molecule has 3 rings (SSSR count). The molecule has 0 aliphatic heterocycles. The van der Waals surface area contributed by atoms with Crippen molar-refractivity contribution in [1.82, 2.24) is 15.1 Å². The number of carbonyl (C=O) groups excluding carboxylic acids is 1. The average molecular weight is 339 g/mol. The van der Waals surface area contributed by atoms with Crippen LogP contribution in [-0.4, -0.2) is 21.7 Å². The number of hydrogen-bond donors (Lipinski definition) is 1. The molecule has 124 valence electrons. The van der Waals surface area contributed by atoms with E-state index in [9.17, 15) is 4.79 Å². The lowest BCUT2D eigenvalue weighted by atomic mass is 10.2. The molecule has 2 aromatic heterocycles. The molecule has 4 nitrogen and oxygen atoms in total. The van der Waals surface area contributed by atoms with Gasteiger partial charge in [-0.05, 0) is 49.9 Å². The van der Waals surface area contributed by atoms with Gasteiger partial charge >= 0.3 is 0 Å². The summed E-state index contributed by atoms with van der Waals surface area (Å²) in [5, 5.41) is 9.72. The maximum atomic E-state index is 12.7. The van der Waals surface area contributed by atoms with Crippen LogP contribution in [-0.2, 0) is 0 Å². The summed E-state index contributed by atoms with van der Waals surface area (Å²) in [6.45, 7) is 6.10. The van der Waals surface area contributed by atoms with Gasteiger partial charge in [-0.2, -0.15) is 5.10 Å². The van der Waals surface area contributed by atoms with Crippen LogP contribution in [0.4, 0.5) is 0 Å². The molecule has 0 spiro atoms. The number of carbonyl (C=O) groups is 1. The highest BCUT2D eigenvalue weighted by atomic mass is 32.1. The van der Waals surface area contributed by atoms with Crippen LogP contribution in [0.15, 0.2) is 47.8 Å². The van der Waals surface area contributed by atoms with Gasteiger partial charge in [-0.1, -0.05) is 30.7 Å². The number of amides is 1. The number of thiophene rings is 1. The normalized spacial score (nSPS) is 12.1. The lowest BCUT2D eigenvalue weighted by Crippen LogP contribution is -2.33. The molecule has 5 heteroatoms. The summed E-state index contributed by atoms with van der Waals surface area (Å²) < 4.78 is 1.73. The van der Waals surface area contributed by atoms with Crippen LogP contribution < -0.4 is 5.32 Å². The van der Waals surface area contributed by atoms with Gasteiger partial charge in [0.2, 0.25) is 0 Å². The first kappa shape index (κ1) is 16.5. The molecule has 0 fully saturated rings. The Kier molecular flexibility index (Phi) is 4.81. The SMILES string of the molecule is CCC(C)NC(=O)c1cc(-c2cccs2)nn1-c1ccc(C)cc1. The fourth-order valence-electron chi connectivity index (χ4n) is 2.37.